The maximum Gasteiger partial charge on any atom is 0.339 e. The highest BCUT2D eigenvalue weighted by Gasteiger charge is 2.12. The minimum absolute atomic E-state index is 0.0787. The van der Waals surface area contributed by atoms with Gasteiger partial charge in [0.05, 0.1) is 17.6 Å². The van der Waals surface area contributed by atoms with Crippen molar-refractivity contribution in [1.82, 2.24) is 4.98 Å². The second-order valence-corrected chi connectivity index (χ2v) is 3.63. The number of nitrogen functional groups attached to an aromatic ring is 1. The summed E-state index contributed by atoms with van der Waals surface area (Å²) in [7, 11) is 0. The number of nitrogens with zero attached hydrogens (tertiary/aromatic N) is 1. The van der Waals surface area contributed by atoms with Crippen LogP contribution in [0.4, 0.5) is 10.1 Å². The van der Waals surface area contributed by atoms with Gasteiger partial charge in [0.25, 0.3) is 0 Å². The Labute approximate surface area is 101 Å². The van der Waals surface area contributed by atoms with Gasteiger partial charge in [-0.2, -0.15) is 0 Å². The van der Waals surface area contributed by atoms with E-state index in [9.17, 15) is 14.3 Å². The fraction of sp³-hybridized carbons (Fsp3) is 0. The monoisotopic (exact) mass is 248 g/mol. The molecule has 0 unspecified atom stereocenters. The quantitative estimate of drug-likeness (QED) is 0.753. The third-order valence-electron chi connectivity index (χ3n) is 2.41. The van der Waals surface area contributed by atoms with Crippen LogP contribution in [0.2, 0.25) is 0 Å². The molecule has 0 fully saturated rings. The van der Waals surface area contributed by atoms with E-state index in [4.69, 9.17) is 10.8 Å². The molecule has 1 heterocycles. The summed E-state index contributed by atoms with van der Waals surface area (Å²) >= 11 is 0. The van der Waals surface area contributed by atoms with Crippen LogP contribution in [0.25, 0.3) is 11.3 Å². The molecule has 92 valence electrons. The zero-order chi connectivity index (χ0) is 13.3. The second kappa shape index (κ2) is 4.33. The Hall–Kier alpha value is -2.63. The first-order valence-corrected chi connectivity index (χ1v) is 4.96. The molecule has 0 amide bonds. The van der Waals surface area contributed by atoms with E-state index in [1.54, 1.807) is 0 Å². The number of benzene rings is 1. The van der Waals surface area contributed by atoms with Crippen LogP contribution < -0.4 is 5.73 Å². The number of carbonyl (C=O) groups is 1. The largest absolute Gasteiger partial charge is 0.507 e. The fourth-order valence-corrected chi connectivity index (χ4v) is 1.48. The standard InChI is InChI=1S/C12H9FN2O3/c13-8-5-15-10(4-9(8)14)6-1-2-11(16)7(3-6)12(17)18/h1-5,16H,(H2,14,15)(H,17,18). The predicted molar refractivity (Wildman–Crippen MR) is 62.7 cm³/mol. The molecule has 4 N–H and O–H groups in total. The summed E-state index contributed by atoms with van der Waals surface area (Å²) < 4.78 is 13.0. The van der Waals surface area contributed by atoms with Gasteiger partial charge in [-0.25, -0.2) is 9.18 Å². The van der Waals surface area contributed by atoms with Gasteiger partial charge < -0.3 is 15.9 Å². The second-order valence-electron chi connectivity index (χ2n) is 3.63. The van der Waals surface area contributed by atoms with Crippen molar-refractivity contribution in [2.45, 2.75) is 0 Å². The van der Waals surface area contributed by atoms with E-state index in [1.807, 2.05) is 0 Å². The van der Waals surface area contributed by atoms with Gasteiger partial charge in [-0.05, 0) is 24.3 Å². The molecular formula is C12H9FN2O3. The van der Waals surface area contributed by atoms with Crippen molar-refractivity contribution >= 4 is 11.7 Å². The summed E-state index contributed by atoms with van der Waals surface area (Å²) in [6.07, 6.45) is 0.956. The maximum atomic E-state index is 13.0. The zero-order valence-corrected chi connectivity index (χ0v) is 9.09. The first-order chi connectivity index (χ1) is 8.49. The first kappa shape index (κ1) is 11.8. The van der Waals surface area contributed by atoms with Crippen molar-refractivity contribution in [2.75, 3.05) is 5.73 Å². The van der Waals surface area contributed by atoms with Gasteiger partial charge in [0.15, 0.2) is 5.82 Å². The van der Waals surface area contributed by atoms with Crippen molar-refractivity contribution in [3.63, 3.8) is 0 Å². The average molecular weight is 248 g/mol. The molecule has 18 heavy (non-hydrogen) atoms. The van der Waals surface area contributed by atoms with Crippen LogP contribution >= 0.6 is 0 Å². The Morgan fingerprint density at radius 2 is 2.06 bits per heavy atom. The number of hydrogen-bond acceptors (Lipinski definition) is 4. The van der Waals surface area contributed by atoms with Crippen LogP contribution in [0.1, 0.15) is 10.4 Å². The van der Waals surface area contributed by atoms with Gasteiger partial charge in [-0.15, -0.1) is 0 Å². The lowest BCUT2D eigenvalue weighted by atomic mass is 10.1. The van der Waals surface area contributed by atoms with Crippen LogP contribution in [0, 0.1) is 5.82 Å². The smallest absolute Gasteiger partial charge is 0.339 e. The molecule has 0 bridgehead atoms. The molecule has 0 saturated carbocycles. The molecule has 0 aliphatic heterocycles. The van der Waals surface area contributed by atoms with E-state index in [0.29, 0.717) is 11.3 Å². The molecule has 2 rings (SSSR count). The van der Waals surface area contributed by atoms with Crippen LogP contribution in [0.15, 0.2) is 30.5 Å². The first-order valence-electron chi connectivity index (χ1n) is 4.96. The Balaban J connectivity index is 2.54. The summed E-state index contributed by atoms with van der Waals surface area (Å²) in [4.78, 5) is 14.7. The number of aromatic hydroxyl groups is 1. The molecule has 0 spiro atoms. The van der Waals surface area contributed by atoms with E-state index in [1.165, 1.54) is 24.3 Å². The number of rotatable bonds is 2. The molecule has 0 saturated heterocycles. The van der Waals surface area contributed by atoms with Crippen molar-refractivity contribution in [1.29, 1.82) is 0 Å². The lowest BCUT2D eigenvalue weighted by Gasteiger charge is -2.05. The summed E-state index contributed by atoms with van der Waals surface area (Å²) in [5, 5.41) is 18.2. The summed E-state index contributed by atoms with van der Waals surface area (Å²) in [6, 6.07) is 5.26. The molecule has 0 atom stereocenters. The van der Waals surface area contributed by atoms with Gasteiger partial charge in [0.2, 0.25) is 0 Å². The van der Waals surface area contributed by atoms with Crippen LogP contribution in [0.5, 0.6) is 5.75 Å². The number of carboxylic acid groups (broad SMARTS) is 1. The number of aromatic nitrogens is 1. The average Bonchev–Trinajstić information content (AvgIpc) is 2.33. The third kappa shape index (κ3) is 2.08. The summed E-state index contributed by atoms with van der Waals surface area (Å²) in [5.74, 6) is -2.25. The number of hydrogen-bond donors (Lipinski definition) is 3. The van der Waals surface area contributed by atoms with Gasteiger partial charge in [-0.3, -0.25) is 4.98 Å². The van der Waals surface area contributed by atoms with Crippen molar-refractivity contribution in [3.8, 4) is 17.0 Å². The number of nitrogens with two attached hydrogens (primary N) is 1. The minimum Gasteiger partial charge on any atom is -0.507 e. The summed E-state index contributed by atoms with van der Waals surface area (Å²) in [5.41, 5.74) is 5.83. The molecular weight excluding hydrogens is 239 g/mol. The molecule has 1 aromatic carbocycles. The lowest BCUT2D eigenvalue weighted by molar-refractivity contribution is 0.0694. The Kier molecular flexibility index (Phi) is 2.85. The van der Waals surface area contributed by atoms with E-state index in [2.05, 4.69) is 4.98 Å². The van der Waals surface area contributed by atoms with Crippen LogP contribution in [0.3, 0.4) is 0 Å². The molecule has 0 aliphatic carbocycles. The molecule has 0 radical (unpaired) electrons. The van der Waals surface area contributed by atoms with Gasteiger partial charge in [0.1, 0.15) is 11.3 Å². The minimum atomic E-state index is -1.26. The maximum absolute atomic E-state index is 13.0. The molecule has 0 aliphatic rings. The molecule has 6 heteroatoms. The highest BCUT2D eigenvalue weighted by molar-refractivity contribution is 5.92. The zero-order valence-electron chi connectivity index (χ0n) is 9.09. The highest BCUT2D eigenvalue weighted by Crippen LogP contribution is 2.26. The topological polar surface area (TPSA) is 96.4 Å². The number of carboxylic acids is 1. The SMILES string of the molecule is Nc1cc(-c2ccc(O)c(C(=O)O)c2)ncc1F. The normalized spacial score (nSPS) is 10.3. The highest BCUT2D eigenvalue weighted by atomic mass is 19.1. The fourth-order valence-electron chi connectivity index (χ4n) is 1.48. The van der Waals surface area contributed by atoms with E-state index in [0.717, 1.165) is 6.20 Å². The number of pyridine rings is 1. The Morgan fingerprint density at radius 1 is 1.33 bits per heavy atom. The van der Waals surface area contributed by atoms with Gasteiger partial charge >= 0.3 is 5.97 Å². The van der Waals surface area contributed by atoms with E-state index in [-0.39, 0.29) is 17.0 Å². The molecule has 5 nitrogen and oxygen atoms in total. The van der Waals surface area contributed by atoms with Crippen molar-refractivity contribution in [2.24, 2.45) is 0 Å². The van der Waals surface area contributed by atoms with E-state index >= 15 is 0 Å². The summed E-state index contributed by atoms with van der Waals surface area (Å²) in [6.45, 7) is 0. The lowest BCUT2D eigenvalue weighted by Crippen LogP contribution is -1.98. The van der Waals surface area contributed by atoms with Crippen molar-refractivity contribution in [3.05, 3.63) is 41.8 Å². The number of halogens is 1. The Morgan fingerprint density at radius 3 is 2.67 bits per heavy atom. The number of phenols is 1. The molecule has 1 aromatic heterocycles. The van der Waals surface area contributed by atoms with Crippen molar-refractivity contribution < 1.29 is 19.4 Å². The van der Waals surface area contributed by atoms with Gasteiger partial charge in [0, 0.05) is 5.56 Å². The number of anilines is 1. The predicted octanol–water partition coefficient (Wildman–Crippen LogP) is 1.87. The third-order valence-corrected chi connectivity index (χ3v) is 2.41. The van der Waals surface area contributed by atoms with Crippen LogP contribution in [-0.2, 0) is 0 Å². The van der Waals surface area contributed by atoms with Crippen LogP contribution in [-0.4, -0.2) is 21.2 Å². The van der Waals surface area contributed by atoms with Gasteiger partial charge in [-0.1, -0.05) is 0 Å². The number of aromatic carboxylic acids is 1. The Bertz CT molecular complexity index is 629. The molecule has 2 aromatic rings. The van der Waals surface area contributed by atoms with E-state index < -0.39 is 11.8 Å².